The largest absolute Gasteiger partial charge is 0.432 e. The van der Waals surface area contributed by atoms with Crippen molar-refractivity contribution >= 4 is 8.32 Å². The molecule has 1 aliphatic heterocycles. The van der Waals surface area contributed by atoms with Gasteiger partial charge in [0, 0.05) is 5.92 Å². The summed E-state index contributed by atoms with van der Waals surface area (Å²) in [5, 5.41) is -0.0524. The molecule has 1 saturated heterocycles. The first-order valence-electron chi connectivity index (χ1n) is 7.89. The van der Waals surface area contributed by atoms with E-state index in [0.29, 0.717) is 6.61 Å². The van der Waals surface area contributed by atoms with E-state index in [9.17, 15) is 9.19 Å². The van der Waals surface area contributed by atoms with E-state index in [0.717, 1.165) is 24.0 Å². The molecule has 0 bridgehead atoms. The highest BCUT2D eigenvalue weighted by atomic mass is 28.4. The monoisotopic (exact) mass is 322 g/mol. The molecule has 2 rings (SSSR count). The lowest BCUT2D eigenvalue weighted by atomic mass is 9.86. The van der Waals surface area contributed by atoms with Crippen molar-refractivity contribution in [3.05, 3.63) is 47.8 Å². The van der Waals surface area contributed by atoms with E-state index in [-0.39, 0.29) is 22.9 Å². The van der Waals surface area contributed by atoms with Gasteiger partial charge in [0.1, 0.15) is 5.82 Å². The summed E-state index contributed by atoms with van der Waals surface area (Å²) in [6.45, 7) is 13.0. The first-order chi connectivity index (χ1) is 10.1. The van der Waals surface area contributed by atoms with Crippen LogP contribution in [-0.4, -0.2) is 19.7 Å². The van der Waals surface area contributed by atoms with Gasteiger partial charge in [-0.1, -0.05) is 32.6 Å². The van der Waals surface area contributed by atoms with Crippen LogP contribution in [0.3, 0.4) is 0 Å². The van der Waals surface area contributed by atoms with Crippen LogP contribution in [0.1, 0.15) is 38.4 Å². The van der Waals surface area contributed by atoms with Crippen LogP contribution in [0, 0.1) is 11.7 Å². The van der Waals surface area contributed by atoms with Gasteiger partial charge in [0.05, 0.1) is 12.7 Å². The molecule has 0 saturated carbocycles. The van der Waals surface area contributed by atoms with Crippen LogP contribution in [-0.2, 0) is 4.74 Å². The molecule has 2 atom stereocenters. The van der Waals surface area contributed by atoms with Crippen molar-refractivity contribution in [3.63, 3.8) is 0 Å². The molecule has 0 aliphatic carbocycles. The Hall–Kier alpha value is -0.973. The van der Waals surface area contributed by atoms with Crippen molar-refractivity contribution in [1.82, 2.24) is 0 Å². The normalized spacial score (nSPS) is 23.1. The Kier molecular flexibility index (Phi) is 4.95. The molecule has 4 heteroatoms. The fourth-order valence-corrected chi connectivity index (χ4v) is 3.55. The zero-order chi connectivity index (χ0) is 16.5. The third-order valence-electron chi connectivity index (χ3n) is 5.27. The van der Waals surface area contributed by atoms with Gasteiger partial charge in [-0.05, 0) is 54.2 Å². The number of ether oxygens (including phenoxy) is 1. The predicted molar refractivity (Wildman–Crippen MR) is 90.7 cm³/mol. The van der Waals surface area contributed by atoms with E-state index >= 15 is 0 Å². The maximum absolute atomic E-state index is 13.1. The Morgan fingerprint density at radius 1 is 1.32 bits per heavy atom. The molecule has 0 amide bonds. The van der Waals surface area contributed by atoms with Gasteiger partial charge >= 0.3 is 0 Å². The van der Waals surface area contributed by atoms with Gasteiger partial charge in [0.2, 0.25) is 0 Å². The zero-order valence-corrected chi connectivity index (χ0v) is 15.0. The second kappa shape index (κ2) is 6.26. The fourth-order valence-electron chi connectivity index (χ4n) is 2.79. The number of benzene rings is 1. The smallest absolute Gasteiger partial charge is 0.188 e. The molecule has 0 unspecified atom stereocenters. The maximum Gasteiger partial charge on any atom is 0.188 e. The minimum Gasteiger partial charge on any atom is -0.432 e. The fraction of sp³-hybridized carbons (Fsp3) is 0.556. The second-order valence-corrected chi connectivity index (χ2v) is 12.0. The summed E-state index contributed by atoms with van der Waals surface area (Å²) < 4.78 is 19.0. The Bertz CT molecular complexity index is 531. The maximum atomic E-state index is 13.1. The summed E-state index contributed by atoms with van der Waals surface area (Å²) in [5.74, 6) is 0.00683. The third kappa shape index (κ3) is 3.67. The molecule has 1 N–H and O–H groups in total. The lowest BCUT2D eigenvalue weighted by molar-refractivity contribution is 0.0874. The van der Waals surface area contributed by atoms with Crippen molar-refractivity contribution in [3.8, 4) is 0 Å². The topological polar surface area (TPSA) is 29.5 Å². The zero-order valence-electron chi connectivity index (χ0n) is 14.0. The summed E-state index contributed by atoms with van der Waals surface area (Å²) in [6, 6.07) is 6.54. The Balaban J connectivity index is 2.11. The molecule has 1 heterocycles. The molecule has 1 fully saturated rings. The SMILES string of the molecule is C=C1CO[C@H](c2ccc(F)cc2)[C@H]1CCC(C)(C)[Si](C)(C)O. The van der Waals surface area contributed by atoms with Gasteiger partial charge < -0.3 is 9.53 Å². The Morgan fingerprint density at radius 3 is 2.45 bits per heavy atom. The summed E-state index contributed by atoms with van der Waals surface area (Å²) in [4.78, 5) is 10.4. The van der Waals surface area contributed by atoms with E-state index in [1.165, 1.54) is 12.1 Å². The van der Waals surface area contributed by atoms with Crippen LogP contribution >= 0.6 is 0 Å². The standard InChI is InChI=1S/C18H27FO2Si/c1-13-12-21-17(14-6-8-15(19)9-7-14)16(13)10-11-18(2,3)22(4,5)20/h6-9,16-17,20H,1,10-12H2,2-5H3/t16-,17+/m0/s1. The van der Waals surface area contributed by atoms with Gasteiger partial charge in [-0.15, -0.1) is 0 Å². The van der Waals surface area contributed by atoms with Crippen LogP contribution in [0.4, 0.5) is 4.39 Å². The lowest BCUT2D eigenvalue weighted by Crippen LogP contribution is -2.39. The number of hydrogen-bond donors (Lipinski definition) is 1. The molecule has 1 aliphatic rings. The van der Waals surface area contributed by atoms with Crippen LogP contribution in [0.25, 0.3) is 0 Å². The van der Waals surface area contributed by atoms with Crippen LogP contribution in [0.5, 0.6) is 0 Å². The van der Waals surface area contributed by atoms with E-state index < -0.39 is 8.32 Å². The van der Waals surface area contributed by atoms with Gasteiger partial charge in [-0.2, -0.15) is 0 Å². The van der Waals surface area contributed by atoms with Crippen LogP contribution < -0.4 is 0 Å². The summed E-state index contributed by atoms with van der Waals surface area (Å²) in [6.07, 6.45) is 1.82. The molecule has 1 aromatic carbocycles. The summed E-state index contributed by atoms with van der Waals surface area (Å²) in [5.41, 5.74) is 2.10. The molecular formula is C18H27FO2Si. The number of hydrogen-bond acceptors (Lipinski definition) is 2. The summed E-state index contributed by atoms with van der Waals surface area (Å²) >= 11 is 0. The van der Waals surface area contributed by atoms with Crippen molar-refractivity contribution in [2.75, 3.05) is 6.61 Å². The minimum atomic E-state index is -2.21. The first kappa shape index (κ1) is 17.4. The van der Waals surface area contributed by atoms with E-state index in [1.807, 2.05) is 13.1 Å². The molecule has 0 aromatic heterocycles. The van der Waals surface area contributed by atoms with Crippen molar-refractivity contribution in [2.24, 2.45) is 5.92 Å². The number of halogens is 1. The Labute approximate surface area is 134 Å². The van der Waals surface area contributed by atoms with Gasteiger partial charge in [0.15, 0.2) is 8.32 Å². The Morgan fingerprint density at radius 2 is 1.91 bits per heavy atom. The average molecular weight is 322 g/mol. The molecule has 2 nitrogen and oxygen atoms in total. The van der Waals surface area contributed by atoms with Crippen molar-refractivity contribution in [2.45, 2.75) is 50.9 Å². The van der Waals surface area contributed by atoms with Crippen LogP contribution in [0.15, 0.2) is 36.4 Å². The quantitative estimate of drug-likeness (QED) is 0.621. The molecular weight excluding hydrogens is 295 g/mol. The molecule has 0 radical (unpaired) electrons. The highest BCUT2D eigenvalue weighted by molar-refractivity contribution is 6.72. The van der Waals surface area contributed by atoms with E-state index in [4.69, 9.17) is 4.74 Å². The average Bonchev–Trinajstić information content (AvgIpc) is 2.77. The third-order valence-corrected chi connectivity index (χ3v) is 8.84. The molecule has 122 valence electrons. The van der Waals surface area contributed by atoms with Crippen molar-refractivity contribution < 1.29 is 13.9 Å². The predicted octanol–water partition coefficient (Wildman–Crippen LogP) is 4.83. The molecule has 0 spiro atoms. The molecule has 22 heavy (non-hydrogen) atoms. The van der Waals surface area contributed by atoms with Crippen LogP contribution in [0.2, 0.25) is 18.1 Å². The highest BCUT2D eigenvalue weighted by Crippen LogP contribution is 2.46. The summed E-state index contributed by atoms with van der Waals surface area (Å²) in [7, 11) is -2.21. The number of rotatable bonds is 5. The van der Waals surface area contributed by atoms with Gasteiger partial charge in [0.25, 0.3) is 0 Å². The molecule has 1 aromatic rings. The highest BCUT2D eigenvalue weighted by Gasteiger charge is 2.40. The van der Waals surface area contributed by atoms with Gasteiger partial charge in [-0.25, -0.2) is 4.39 Å². The van der Waals surface area contributed by atoms with E-state index in [2.05, 4.69) is 20.4 Å². The first-order valence-corrected chi connectivity index (χ1v) is 10.8. The van der Waals surface area contributed by atoms with Crippen molar-refractivity contribution in [1.29, 1.82) is 0 Å². The van der Waals surface area contributed by atoms with E-state index in [1.54, 1.807) is 12.1 Å². The second-order valence-electron chi connectivity index (χ2n) is 7.53. The lowest BCUT2D eigenvalue weighted by Gasteiger charge is -2.36. The minimum absolute atomic E-state index is 0.0487. The van der Waals surface area contributed by atoms with Gasteiger partial charge in [-0.3, -0.25) is 0 Å².